The van der Waals surface area contributed by atoms with Crippen LogP contribution in [0.1, 0.15) is 0 Å². The quantitative estimate of drug-likeness (QED) is 0.334. The first-order valence-electron chi connectivity index (χ1n) is 5.22. The van der Waals surface area contributed by atoms with Gasteiger partial charge in [0, 0.05) is 11.1 Å². The van der Waals surface area contributed by atoms with Crippen LogP contribution in [0, 0.1) is 15.5 Å². The number of hydrogen-bond acceptors (Lipinski definition) is 6. The van der Waals surface area contributed by atoms with Crippen LogP contribution < -0.4 is 10.8 Å². The van der Waals surface area contributed by atoms with E-state index < -0.39 is 16.6 Å². The van der Waals surface area contributed by atoms with Gasteiger partial charge in [0.05, 0.1) is 23.0 Å². The molecule has 0 aliphatic carbocycles. The summed E-state index contributed by atoms with van der Waals surface area (Å²) in [7, 11) is 0. The number of nitro benzene ring substituents is 1. The summed E-state index contributed by atoms with van der Waals surface area (Å²) >= 11 is 5.75. The Labute approximate surface area is 117 Å². The molecule has 0 saturated carbocycles. The highest BCUT2D eigenvalue weighted by Crippen LogP contribution is 2.30. The number of nitrogens with two attached hydrogens (primary N) is 1. The fourth-order valence-corrected chi connectivity index (χ4v) is 1.65. The molecule has 0 amide bonds. The van der Waals surface area contributed by atoms with Crippen LogP contribution in [0.2, 0.25) is 5.02 Å². The van der Waals surface area contributed by atoms with Gasteiger partial charge in [-0.3, -0.25) is 20.7 Å². The van der Waals surface area contributed by atoms with E-state index in [0.717, 1.165) is 10.7 Å². The summed E-state index contributed by atoms with van der Waals surface area (Å²) in [5.74, 6) is -0.535. The fourth-order valence-electron chi connectivity index (χ4n) is 1.48. The summed E-state index contributed by atoms with van der Waals surface area (Å²) in [4.78, 5) is 10.2. The van der Waals surface area contributed by atoms with Crippen molar-refractivity contribution in [3.63, 3.8) is 0 Å². The number of nitrogens with one attached hydrogen (secondary N) is 1. The molecule has 1 aromatic heterocycles. The van der Waals surface area contributed by atoms with E-state index in [1.807, 2.05) is 0 Å². The molecule has 4 N–H and O–H groups in total. The Bertz CT molecular complexity index is 685. The van der Waals surface area contributed by atoms with Gasteiger partial charge in [0.25, 0.3) is 5.69 Å². The third-order valence-electron chi connectivity index (χ3n) is 2.38. The van der Waals surface area contributed by atoms with Gasteiger partial charge in [0.2, 0.25) is 5.96 Å². The second-order valence-corrected chi connectivity index (χ2v) is 4.18. The van der Waals surface area contributed by atoms with E-state index >= 15 is 0 Å². The Kier molecular flexibility index (Phi) is 3.55. The standard InChI is InChI=1S/C10H9ClN6O3/c11-6-1-2-8(17(19)20)9(3-6)16(18)10(13)15-5-7(12)4-14-15/h1-5,13,18H,12H2. The van der Waals surface area contributed by atoms with Crippen molar-refractivity contribution in [1.29, 1.82) is 5.41 Å². The second-order valence-electron chi connectivity index (χ2n) is 3.74. The Morgan fingerprint density at radius 2 is 2.30 bits per heavy atom. The molecule has 10 heteroatoms. The van der Waals surface area contributed by atoms with Crippen molar-refractivity contribution in [3.05, 3.63) is 45.7 Å². The number of nitro groups is 1. The van der Waals surface area contributed by atoms with Crippen molar-refractivity contribution in [3.8, 4) is 0 Å². The first kappa shape index (κ1) is 13.8. The molecule has 0 spiro atoms. The van der Waals surface area contributed by atoms with Crippen molar-refractivity contribution in [2.45, 2.75) is 0 Å². The van der Waals surface area contributed by atoms with E-state index in [1.165, 1.54) is 24.5 Å². The highest BCUT2D eigenvalue weighted by atomic mass is 35.5. The molecule has 0 aliphatic rings. The number of nitrogen functional groups attached to an aromatic ring is 1. The first-order valence-corrected chi connectivity index (χ1v) is 5.60. The van der Waals surface area contributed by atoms with Crippen LogP contribution in [0.15, 0.2) is 30.6 Å². The molecule has 1 heterocycles. The Morgan fingerprint density at radius 1 is 1.60 bits per heavy atom. The molecule has 9 nitrogen and oxygen atoms in total. The maximum Gasteiger partial charge on any atom is 0.295 e. The van der Waals surface area contributed by atoms with Crippen molar-refractivity contribution < 1.29 is 10.1 Å². The Hall–Kier alpha value is -2.65. The van der Waals surface area contributed by atoms with Crippen molar-refractivity contribution in [2.75, 3.05) is 10.8 Å². The molecule has 104 valence electrons. The fraction of sp³-hybridized carbons (Fsp3) is 0. The smallest absolute Gasteiger partial charge is 0.295 e. The highest BCUT2D eigenvalue weighted by Gasteiger charge is 2.23. The maximum absolute atomic E-state index is 10.9. The number of aromatic nitrogens is 2. The average Bonchev–Trinajstić information content (AvgIpc) is 2.83. The predicted molar refractivity (Wildman–Crippen MR) is 72.1 cm³/mol. The summed E-state index contributed by atoms with van der Waals surface area (Å²) in [6.45, 7) is 0. The summed E-state index contributed by atoms with van der Waals surface area (Å²) in [6.07, 6.45) is 2.55. The first-order chi connectivity index (χ1) is 9.40. The van der Waals surface area contributed by atoms with Crippen LogP contribution in [-0.2, 0) is 0 Å². The number of nitrogens with zero attached hydrogens (tertiary/aromatic N) is 4. The monoisotopic (exact) mass is 296 g/mol. The number of benzene rings is 1. The van der Waals surface area contributed by atoms with Gasteiger partial charge < -0.3 is 5.73 Å². The predicted octanol–water partition coefficient (Wildman–Crippen LogP) is 1.71. The number of halogens is 1. The van der Waals surface area contributed by atoms with Crippen molar-refractivity contribution >= 4 is 34.6 Å². The number of rotatable bonds is 2. The van der Waals surface area contributed by atoms with Gasteiger partial charge >= 0.3 is 0 Å². The van der Waals surface area contributed by atoms with E-state index in [9.17, 15) is 15.3 Å². The van der Waals surface area contributed by atoms with Crippen LogP contribution in [0.5, 0.6) is 0 Å². The normalized spacial score (nSPS) is 10.3. The van der Waals surface area contributed by atoms with E-state index in [4.69, 9.17) is 22.7 Å². The molecule has 0 fully saturated rings. The summed E-state index contributed by atoms with van der Waals surface area (Å²) < 4.78 is 0.958. The maximum atomic E-state index is 10.9. The van der Waals surface area contributed by atoms with Gasteiger partial charge in [-0.25, -0.2) is 4.68 Å². The highest BCUT2D eigenvalue weighted by molar-refractivity contribution is 6.31. The minimum absolute atomic E-state index is 0.178. The zero-order valence-corrected chi connectivity index (χ0v) is 10.7. The van der Waals surface area contributed by atoms with E-state index in [0.29, 0.717) is 5.06 Å². The summed E-state index contributed by atoms with van der Waals surface area (Å²) in [6, 6.07) is 3.61. The van der Waals surface area contributed by atoms with Crippen LogP contribution >= 0.6 is 11.6 Å². The van der Waals surface area contributed by atoms with E-state index in [2.05, 4.69) is 5.10 Å². The number of hydroxylamine groups is 1. The lowest BCUT2D eigenvalue weighted by molar-refractivity contribution is -0.384. The molecule has 0 saturated heterocycles. The van der Waals surface area contributed by atoms with Crippen molar-refractivity contribution in [2.24, 2.45) is 0 Å². The van der Waals surface area contributed by atoms with Gasteiger partial charge in [-0.05, 0) is 12.1 Å². The Morgan fingerprint density at radius 3 is 2.85 bits per heavy atom. The third kappa shape index (κ3) is 2.53. The molecule has 0 unspecified atom stereocenters. The summed E-state index contributed by atoms with van der Waals surface area (Å²) in [5, 5.41) is 32.8. The zero-order valence-electron chi connectivity index (χ0n) is 9.89. The van der Waals surface area contributed by atoms with E-state index in [1.54, 1.807) is 0 Å². The topological polar surface area (TPSA) is 134 Å². The minimum Gasteiger partial charge on any atom is -0.396 e. The molecular formula is C10H9ClN6O3. The van der Waals surface area contributed by atoms with Crippen LogP contribution in [0.3, 0.4) is 0 Å². The van der Waals surface area contributed by atoms with Crippen LogP contribution in [-0.4, -0.2) is 25.9 Å². The van der Waals surface area contributed by atoms with Crippen LogP contribution in [0.25, 0.3) is 0 Å². The second kappa shape index (κ2) is 5.15. The van der Waals surface area contributed by atoms with E-state index in [-0.39, 0.29) is 16.4 Å². The summed E-state index contributed by atoms with van der Waals surface area (Å²) in [5.41, 5.74) is 5.08. The molecule has 1 aromatic carbocycles. The Balaban J connectivity index is 2.42. The van der Waals surface area contributed by atoms with Crippen LogP contribution in [0.4, 0.5) is 17.1 Å². The molecule has 0 atom stereocenters. The zero-order chi connectivity index (χ0) is 14.9. The molecule has 20 heavy (non-hydrogen) atoms. The lowest BCUT2D eigenvalue weighted by Crippen LogP contribution is -2.33. The van der Waals surface area contributed by atoms with Gasteiger partial charge in [-0.15, -0.1) is 0 Å². The largest absolute Gasteiger partial charge is 0.396 e. The number of hydrogen-bond donors (Lipinski definition) is 3. The van der Waals surface area contributed by atoms with Crippen molar-refractivity contribution in [1.82, 2.24) is 9.78 Å². The molecule has 0 aliphatic heterocycles. The average molecular weight is 297 g/mol. The van der Waals surface area contributed by atoms with Gasteiger partial charge in [0.15, 0.2) is 5.69 Å². The number of anilines is 2. The van der Waals surface area contributed by atoms with Gasteiger partial charge in [-0.1, -0.05) is 11.6 Å². The molecule has 2 aromatic rings. The van der Waals surface area contributed by atoms with Gasteiger partial charge in [0.1, 0.15) is 0 Å². The molecule has 0 bridgehead atoms. The SMILES string of the molecule is N=C(N(O)c1cc(Cl)ccc1[N+](=O)[O-])n1cc(N)cn1. The van der Waals surface area contributed by atoms with Gasteiger partial charge in [-0.2, -0.15) is 10.2 Å². The molecular weight excluding hydrogens is 288 g/mol. The molecule has 0 radical (unpaired) electrons. The lowest BCUT2D eigenvalue weighted by atomic mass is 10.2. The third-order valence-corrected chi connectivity index (χ3v) is 2.62. The minimum atomic E-state index is -0.695. The lowest BCUT2D eigenvalue weighted by Gasteiger charge is -2.17. The molecule has 2 rings (SSSR count).